The molecule has 0 aromatic carbocycles. The summed E-state index contributed by atoms with van der Waals surface area (Å²) in [4.78, 5) is 21.7. The molecule has 2 saturated carbocycles. The summed E-state index contributed by atoms with van der Waals surface area (Å²) < 4.78 is 41.0. The van der Waals surface area contributed by atoms with Gasteiger partial charge in [0.15, 0.2) is 23.3 Å². The first kappa shape index (κ1) is 22.3. The Morgan fingerprint density at radius 3 is 2.54 bits per heavy atom. The lowest BCUT2D eigenvalue weighted by Gasteiger charge is -2.27. The maximum absolute atomic E-state index is 14.1. The van der Waals surface area contributed by atoms with Crippen LogP contribution in [0.2, 0.25) is 0 Å². The summed E-state index contributed by atoms with van der Waals surface area (Å²) >= 11 is 0. The molecule has 5 heterocycles. The fourth-order valence-corrected chi connectivity index (χ4v) is 5.45. The molecule has 3 N–H and O–H groups in total. The van der Waals surface area contributed by atoms with Crippen molar-refractivity contribution in [3.8, 4) is 11.4 Å². The van der Waals surface area contributed by atoms with E-state index in [0.29, 0.717) is 41.2 Å². The molecule has 1 saturated heterocycles. The van der Waals surface area contributed by atoms with E-state index >= 15 is 0 Å². The van der Waals surface area contributed by atoms with Crippen LogP contribution >= 0.6 is 0 Å². The molecule has 4 aromatic heterocycles. The molecule has 0 bridgehead atoms. The number of piperidine rings is 1. The summed E-state index contributed by atoms with van der Waals surface area (Å²) in [7, 11) is 0. The fourth-order valence-electron chi connectivity index (χ4n) is 5.45. The average molecular weight is 505 g/mol. The largest absolute Gasteiger partial charge is 0.366 e. The van der Waals surface area contributed by atoms with Gasteiger partial charge >= 0.3 is 0 Å². The summed E-state index contributed by atoms with van der Waals surface area (Å²) in [5.41, 5.74) is 2.55. The molecule has 11 heteroatoms. The Morgan fingerprint density at radius 2 is 1.76 bits per heavy atom. The average Bonchev–Trinajstić information content (AvgIpc) is 3.26. The quantitative estimate of drug-likeness (QED) is 0.329. The maximum Gasteiger partial charge on any atom is 0.251 e. The number of anilines is 3. The van der Waals surface area contributed by atoms with Gasteiger partial charge in [0.25, 0.3) is 5.95 Å². The van der Waals surface area contributed by atoms with Crippen LogP contribution in [-0.2, 0) is 0 Å². The smallest absolute Gasteiger partial charge is 0.251 e. The highest BCUT2D eigenvalue weighted by Crippen LogP contribution is 2.46. The number of fused-ring (bicyclic) bond motifs is 2. The van der Waals surface area contributed by atoms with Crippen molar-refractivity contribution in [3.05, 3.63) is 59.9 Å². The Bertz CT molecular complexity index is 1520. The Hall–Kier alpha value is -3.86. The number of nitrogens with one attached hydrogen (secondary N) is 3. The number of aromatic nitrogens is 5. The summed E-state index contributed by atoms with van der Waals surface area (Å²) in [6.45, 7) is 2.01. The number of pyridine rings is 3. The van der Waals surface area contributed by atoms with Gasteiger partial charge in [0.1, 0.15) is 11.6 Å². The van der Waals surface area contributed by atoms with Gasteiger partial charge in [-0.1, -0.05) is 6.42 Å². The lowest BCUT2D eigenvalue weighted by molar-refractivity contribution is 0.421. The lowest BCUT2D eigenvalue weighted by Crippen LogP contribution is -2.22. The van der Waals surface area contributed by atoms with E-state index < -0.39 is 23.4 Å². The van der Waals surface area contributed by atoms with Gasteiger partial charge in [-0.3, -0.25) is 4.98 Å². The molecule has 0 radical (unpaired) electrons. The van der Waals surface area contributed by atoms with Crippen molar-refractivity contribution < 1.29 is 13.2 Å². The van der Waals surface area contributed by atoms with E-state index in [0.717, 1.165) is 42.7 Å². The van der Waals surface area contributed by atoms with Gasteiger partial charge in [0.2, 0.25) is 0 Å². The summed E-state index contributed by atoms with van der Waals surface area (Å²) in [5.74, 6) is -1.16. The zero-order chi connectivity index (χ0) is 25.1. The SMILES string of the molecule is Fc1cc(F)c(Nc2cc(-c3nc(N[C@H]4[C@@H]5CNC[C@@H]54)c4c(C5CCC5)cncc4n3)ccn2)nc1F. The molecule has 37 heavy (non-hydrogen) atoms. The number of rotatable bonds is 6. The summed E-state index contributed by atoms with van der Waals surface area (Å²) in [6.07, 6.45) is 8.68. The van der Waals surface area contributed by atoms with Gasteiger partial charge in [0.05, 0.1) is 11.7 Å². The van der Waals surface area contributed by atoms with Gasteiger partial charge in [0, 0.05) is 48.5 Å². The van der Waals surface area contributed by atoms with Crippen molar-refractivity contribution in [2.24, 2.45) is 11.8 Å². The highest BCUT2D eigenvalue weighted by molar-refractivity contribution is 5.93. The van der Waals surface area contributed by atoms with E-state index in [2.05, 4.69) is 30.9 Å². The third-order valence-corrected chi connectivity index (χ3v) is 7.73. The summed E-state index contributed by atoms with van der Waals surface area (Å²) in [5, 5.41) is 10.8. The van der Waals surface area contributed by atoms with Gasteiger partial charge in [-0.05, 0) is 48.3 Å². The minimum absolute atomic E-state index is 0.192. The van der Waals surface area contributed by atoms with Crippen LogP contribution < -0.4 is 16.0 Å². The normalized spacial score (nSPS) is 22.5. The zero-order valence-corrected chi connectivity index (χ0v) is 19.7. The molecule has 3 atom stereocenters. The molecule has 0 unspecified atom stereocenters. The van der Waals surface area contributed by atoms with Gasteiger partial charge in [-0.2, -0.15) is 9.37 Å². The molecule has 1 aliphatic heterocycles. The van der Waals surface area contributed by atoms with Gasteiger partial charge < -0.3 is 16.0 Å². The molecule has 4 aromatic rings. The van der Waals surface area contributed by atoms with E-state index in [1.165, 1.54) is 18.2 Å². The third-order valence-electron chi connectivity index (χ3n) is 7.73. The van der Waals surface area contributed by atoms with Crippen molar-refractivity contribution in [1.29, 1.82) is 0 Å². The zero-order valence-electron chi connectivity index (χ0n) is 19.7. The first-order chi connectivity index (χ1) is 18.0. The second-order valence-corrected chi connectivity index (χ2v) is 9.95. The molecule has 2 aliphatic carbocycles. The summed E-state index contributed by atoms with van der Waals surface area (Å²) in [6, 6.07) is 4.16. The van der Waals surface area contributed by atoms with Crippen molar-refractivity contribution >= 4 is 28.4 Å². The van der Waals surface area contributed by atoms with Crippen molar-refractivity contribution in [3.63, 3.8) is 0 Å². The van der Waals surface area contributed by atoms with E-state index in [-0.39, 0.29) is 5.82 Å². The van der Waals surface area contributed by atoms with Gasteiger partial charge in [-0.25, -0.2) is 23.7 Å². The Morgan fingerprint density at radius 1 is 0.919 bits per heavy atom. The monoisotopic (exact) mass is 504 g/mol. The molecular formula is C26H23F3N8. The standard InChI is InChI=1S/C26H23F3N8/c27-17-7-18(28)25(36-23(17)29)34-20-6-13(4-5-32-20)24-33-19-11-31-8-14(12-2-1-3-12)21(19)26(37-24)35-22-15-9-30-10-16(15)22/h4-8,11-12,15-16,22,30H,1-3,9-10H2,(H,32,34,36)(H,33,35,37)/t15-,16+,22+. The van der Waals surface area contributed by atoms with Crippen molar-refractivity contribution in [1.82, 2.24) is 30.2 Å². The Labute approximate surface area is 210 Å². The number of nitrogens with zero attached hydrogens (tertiary/aromatic N) is 5. The first-order valence-electron chi connectivity index (χ1n) is 12.4. The Kier molecular flexibility index (Phi) is 5.20. The van der Waals surface area contributed by atoms with E-state index in [1.54, 1.807) is 18.3 Å². The molecule has 0 amide bonds. The van der Waals surface area contributed by atoms with Crippen LogP contribution in [0.1, 0.15) is 30.7 Å². The van der Waals surface area contributed by atoms with Crippen LogP contribution in [-0.4, -0.2) is 44.1 Å². The minimum atomic E-state index is -1.40. The molecule has 188 valence electrons. The van der Waals surface area contributed by atoms with Crippen LogP contribution in [0.4, 0.5) is 30.6 Å². The second kappa shape index (κ2) is 8.62. The predicted molar refractivity (Wildman–Crippen MR) is 132 cm³/mol. The minimum Gasteiger partial charge on any atom is -0.366 e. The topological polar surface area (TPSA) is 101 Å². The molecule has 7 rings (SSSR count). The highest BCUT2D eigenvalue weighted by Gasteiger charge is 2.53. The van der Waals surface area contributed by atoms with Crippen LogP contribution in [0, 0.1) is 29.4 Å². The molecule has 8 nitrogen and oxygen atoms in total. The molecule has 0 spiro atoms. The highest BCUT2D eigenvalue weighted by atomic mass is 19.2. The number of hydrogen-bond acceptors (Lipinski definition) is 8. The van der Waals surface area contributed by atoms with E-state index in [9.17, 15) is 13.2 Å². The first-order valence-corrected chi connectivity index (χ1v) is 12.4. The number of halogens is 3. The van der Waals surface area contributed by atoms with Crippen molar-refractivity contribution in [2.45, 2.75) is 31.2 Å². The van der Waals surface area contributed by atoms with Gasteiger partial charge in [-0.15, -0.1) is 0 Å². The molecule has 3 aliphatic rings. The van der Waals surface area contributed by atoms with E-state index in [1.807, 2.05) is 6.20 Å². The maximum atomic E-state index is 14.1. The van der Waals surface area contributed by atoms with Crippen LogP contribution in [0.15, 0.2) is 36.8 Å². The number of hydrogen-bond donors (Lipinski definition) is 3. The van der Waals surface area contributed by atoms with Crippen LogP contribution in [0.3, 0.4) is 0 Å². The second-order valence-electron chi connectivity index (χ2n) is 9.95. The van der Waals surface area contributed by atoms with Crippen LogP contribution in [0.5, 0.6) is 0 Å². The van der Waals surface area contributed by atoms with Crippen molar-refractivity contribution in [2.75, 3.05) is 23.7 Å². The molecule has 3 fully saturated rings. The fraction of sp³-hybridized carbons (Fsp3) is 0.346. The molecular weight excluding hydrogens is 481 g/mol. The van der Waals surface area contributed by atoms with E-state index in [4.69, 9.17) is 9.97 Å². The predicted octanol–water partition coefficient (Wildman–Crippen LogP) is 4.54. The Balaban J connectivity index is 1.28. The third kappa shape index (κ3) is 3.93. The van der Waals surface area contributed by atoms with Crippen LogP contribution in [0.25, 0.3) is 22.3 Å². The lowest BCUT2D eigenvalue weighted by atomic mass is 9.79.